The minimum Gasteiger partial charge on any atom is -0.372 e. The Labute approximate surface area is 116 Å². The van der Waals surface area contributed by atoms with Crippen LogP contribution in [0.25, 0.3) is 0 Å². The average molecular weight is 269 g/mol. The first-order valence-electron chi connectivity index (χ1n) is 7.32. The van der Waals surface area contributed by atoms with Gasteiger partial charge in [0, 0.05) is 39.3 Å². The lowest BCUT2D eigenvalue weighted by Crippen LogP contribution is -2.63. The Hall–Kier alpha value is -0.650. The van der Waals surface area contributed by atoms with Crippen LogP contribution in [0.15, 0.2) is 0 Å². The zero-order valence-electron chi connectivity index (χ0n) is 12.6. The quantitative estimate of drug-likeness (QED) is 0.783. The molecule has 2 saturated heterocycles. The second kappa shape index (κ2) is 5.77. The lowest BCUT2D eigenvalue weighted by Gasteiger charge is -2.45. The summed E-state index contributed by atoms with van der Waals surface area (Å²) in [6.45, 7) is 13.4. The molecule has 1 amide bonds. The van der Waals surface area contributed by atoms with Gasteiger partial charge in [-0.25, -0.2) is 0 Å². The number of hydrogen-bond acceptors (Lipinski definition) is 4. The summed E-state index contributed by atoms with van der Waals surface area (Å²) in [5.41, 5.74) is -0.418. The largest absolute Gasteiger partial charge is 0.372 e. The molecule has 2 rings (SSSR count). The fraction of sp³-hybridized carbons (Fsp3) is 0.929. The van der Waals surface area contributed by atoms with Crippen LogP contribution in [-0.4, -0.2) is 72.7 Å². The molecule has 0 aromatic heterocycles. The molecule has 0 spiro atoms. The van der Waals surface area contributed by atoms with Gasteiger partial charge in [-0.05, 0) is 27.7 Å². The molecule has 2 heterocycles. The van der Waals surface area contributed by atoms with Crippen molar-refractivity contribution < 1.29 is 9.53 Å². The highest BCUT2D eigenvalue weighted by Crippen LogP contribution is 2.21. The van der Waals surface area contributed by atoms with Gasteiger partial charge in [0.1, 0.15) is 0 Å². The molecule has 0 aromatic rings. The normalized spacial score (nSPS) is 30.4. The highest BCUT2D eigenvalue weighted by atomic mass is 16.5. The highest BCUT2D eigenvalue weighted by molar-refractivity contribution is 5.85. The van der Waals surface area contributed by atoms with Gasteiger partial charge in [-0.3, -0.25) is 9.69 Å². The van der Waals surface area contributed by atoms with E-state index < -0.39 is 5.54 Å². The van der Waals surface area contributed by atoms with Crippen molar-refractivity contribution in [3.05, 3.63) is 0 Å². The molecule has 2 aliphatic rings. The predicted octanol–water partition coefficient (Wildman–Crippen LogP) is 0.306. The monoisotopic (exact) mass is 269 g/mol. The van der Waals surface area contributed by atoms with Gasteiger partial charge >= 0.3 is 0 Å². The van der Waals surface area contributed by atoms with E-state index >= 15 is 0 Å². The first kappa shape index (κ1) is 14.8. The molecular weight excluding hydrogens is 242 g/mol. The number of carbonyl (C=O) groups excluding carboxylic acids is 1. The van der Waals surface area contributed by atoms with Gasteiger partial charge in [-0.15, -0.1) is 0 Å². The maximum Gasteiger partial charge on any atom is 0.242 e. The Balaban J connectivity index is 2.04. The number of ether oxygens (including phenoxy) is 1. The van der Waals surface area contributed by atoms with Gasteiger partial charge < -0.3 is 15.0 Å². The van der Waals surface area contributed by atoms with Gasteiger partial charge in [0.15, 0.2) is 0 Å². The van der Waals surface area contributed by atoms with Crippen molar-refractivity contribution in [2.24, 2.45) is 0 Å². The standard InChI is InChI=1S/C14H27N3O2/c1-11-9-16(10-12(2)19-11)13(18)14(3,4)17-7-5-15-6-8-17/h11-12,15H,5-10H2,1-4H3. The van der Waals surface area contributed by atoms with E-state index in [1.165, 1.54) is 0 Å². The molecular formula is C14H27N3O2. The summed E-state index contributed by atoms with van der Waals surface area (Å²) in [7, 11) is 0. The number of piperazine rings is 1. The van der Waals surface area contributed by atoms with E-state index in [9.17, 15) is 4.79 Å². The van der Waals surface area contributed by atoms with Gasteiger partial charge in [-0.1, -0.05) is 0 Å². The van der Waals surface area contributed by atoms with E-state index in [1.54, 1.807) is 0 Å². The fourth-order valence-corrected chi connectivity index (χ4v) is 3.09. The van der Waals surface area contributed by atoms with Crippen molar-refractivity contribution in [3.8, 4) is 0 Å². The molecule has 19 heavy (non-hydrogen) atoms. The van der Waals surface area contributed by atoms with Crippen LogP contribution < -0.4 is 5.32 Å². The van der Waals surface area contributed by atoms with Gasteiger partial charge in [0.05, 0.1) is 17.7 Å². The van der Waals surface area contributed by atoms with Crippen LogP contribution >= 0.6 is 0 Å². The van der Waals surface area contributed by atoms with Crippen molar-refractivity contribution in [3.63, 3.8) is 0 Å². The molecule has 2 aliphatic heterocycles. The second-order valence-corrected chi connectivity index (χ2v) is 6.26. The number of nitrogens with one attached hydrogen (secondary N) is 1. The van der Waals surface area contributed by atoms with E-state index in [0.29, 0.717) is 13.1 Å². The first-order valence-corrected chi connectivity index (χ1v) is 7.32. The minimum absolute atomic E-state index is 0.131. The van der Waals surface area contributed by atoms with Crippen LogP contribution in [0.5, 0.6) is 0 Å². The van der Waals surface area contributed by atoms with Crippen molar-refractivity contribution in [2.45, 2.75) is 45.4 Å². The Bertz CT molecular complexity index is 317. The van der Waals surface area contributed by atoms with Gasteiger partial charge in [0.25, 0.3) is 0 Å². The fourth-order valence-electron chi connectivity index (χ4n) is 3.09. The Morgan fingerprint density at radius 1 is 1.16 bits per heavy atom. The Kier molecular flexibility index (Phi) is 4.48. The smallest absolute Gasteiger partial charge is 0.242 e. The van der Waals surface area contributed by atoms with Crippen LogP contribution in [0.4, 0.5) is 0 Å². The van der Waals surface area contributed by atoms with E-state index in [0.717, 1.165) is 26.2 Å². The highest BCUT2D eigenvalue weighted by Gasteiger charge is 2.40. The van der Waals surface area contributed by atoms with Crippen molar-refractivity contribution >= 4 is 5.91 Å². The molecule has 2 atom stereocenters. The van der Waals surface area contributed by atoms with Crippen LogP contribution in [0.3, 0.4) is 0 Å². The number of nitrogens with zero attached hydrogens (tertiary/aromatic N) is 2. The second-order valence-electron chi connectivity index (χ2n) is 6.26. The molecule has 0 radical (unpaired) electrons. The van der Waals surface area contributed by atoms with Crippen molar-refractivity contribution in [2.75, 3.05) is 39.3 Å². The molecule has 0 saturated carbocycles. The van der Waals surface area contributed by atoms with Gasteiger partial charge in [0.2, 0.25) is 5.91 Å². The molecule has 0 bridgehead atoms. The lowest BCUT2D eigenvalue weighted by molar-refractivity contribution is -0.154. The maximum absolute atomic E-state index is 12.8. The van der Waals surface area contributed by atoms with Crippen LogP contribution in [0.2, 0.25) is 0 Å². The van der Waals surface area contributed by atoms with Crippen LogP contribution in [0, 0.1) is 0 Å². The number of carbonyl (C=O) groups is 1. The molecule has 110 valence electrons. The summed E-state index contributed by atoms with van der Waals surface area (Å²) in [5.74, 6) is 0.233. The van der Waals surface area contributed by atoms with Crippen molar-refractivity contribution in [1.82, 2.24) is 15.1 Å². The molecule has 0 aromatic carbocycles. The molecule has 5 heteroatoms. The van der Waals surface area contributed by atoms with Gasteiger partial charge in [-0.2, -0.15) is 0 Å². The van der Waals surface area contributed by atoms with E-state index in [4.69, 9.17) is 4.74 Å². The van der Waals surface area contributed by atoms with Crippen LogP contribution in [0.1, 0.15) is 27.7 Å². The SMILES string of the molecule is CC1CN(C(=O)C(C)(C)N2CCNCC2)CC(C)O1. The third-order valence-electron chi connectivity index (χ3n) is 4.14. The summed E-state index contributed by atoms with van der Waals surface area (Å²) in [4.78, 5) is 17.1. The third-order valence-corrected chi connectivity index (χ3v) is 4.14. The molecule has 2 unspecified atom stereocenters. The van der Waals surface area contributed by atoms with Crippen molar-refractivity contribution in [1.29, 1.82) is 0 Å². The number of amides is 1. The summed E-state index contributed by atoms with van der Waals surface area (Å²) in [6.07, 6.45) is 0.262. The van der Waals surface area contributed by atoms with E-state index in [2.05, 4.69) is 10.2 Å². The van der Waals surface area contributed by atoms with Crippen LogP contribution in [-0.2, 0) is 9.53 Å². The Morgan fingerprint density at radius 2 is 1.68 bits per heavy atom. The average Bonchev–Trinajstić information content (AvgIpc) is 2.37. The lowest BCUT2D eigenvalue weighted by atomic mass is 9.98. The predicted molar refractivity (Wildman–Crippen MR) is 75.1 cm³/mol. The molecule has 0 aliphatic carbocycles. The molecule has 5 nitrogen and oxygen atoms in total. The number of morpholine rings is 1. The summed E-state index contributed by atoms with van der Waals surface area (Å²) >= 11 is 0. The van der Waals surface area contributed by atoms with E-state index in [-0.39, 0.29) is 18.1 Å². The summed E-state index contributed by atoms with van der Waals surface area (Å²) in [6, 6.07) is 0. The zero-order valence-corrected chi connectivity index (χ0v) is 12.6. The maximum atomic E-state index is 12.8. The zero-order chi connectivity index (χ0) is 14.0. The summed E-state index contributed by atoms with van der Waals surface area (Å²) in [5, 5.41) is 3.33. The topological polar surface area (TPSA) is 44.8 Å². The molecule has 1 N–H and O–H groups in total. The number of hydrogen-bond donors (Lipinski definition) is 1. The Morgan fingerprint density at radius 3 is 2.21 bits per heavy atom. The molecule has 2 fully saturated rings. The van der Waals surface area contributed by atoms with E-state index in [1.807, 2.05) is 32.6 Å². The number of rotatable bonds is 2. The minimum atomic E-state index is -0.418. The third kappa shape index (κ3) is 3.27. The first-order chi connectivity index (χ1) is 8.91. The summed E-state index contributed by atoms with van der Waals surface area (Å²) < 4.78 is 5.71.